The zero-order chi connectivity index (χ0) is 14.4. The molecule has 0 aliphatic carbocycles. The first-order valence-corrected chi connectivity index (χ1v) is 7.03. The Morgan fingerprint density at radius 3 is 2.50 bits per heavy atom. The van der Waals surface area contributed by atoms with E-state index in [1.54, 1.807) is 24.5 Å². The maximum absolute atomic E-state index is 9.00. The van der Waals surface area contributed by atoms with Gasteiger partial charge in [-0.25, -0.2) is 9.97 Å². The van der Waals surface area contributed by atoms with E-state index >= 15 is 0 Å². The first-order valence-electron chi connectivity index (χ1n) is 6.27. The standard InChI is InChI=1S/C14H15Cl2N3O/c15-12-4-3-11(9-13(12)16)10-19(7-2-8-20)14-17-5-1-6-18-14/h1,3-6,9,20H,2,7-8,10H2. The van der Waals surface area contributed by atoms with E-state index in [9.17, 15) is 0 Å². The second kappa shape index (κ2) is 7.43. The molecule has 20 heavy (non-hydrogen) atoms. The summed E-state index contributed by atoms with van der Waals surface area (Å²) in [5.74, 6) is 0.632. The summed E-state index contributed by atoms with van der Waals surface area (Å²) in [5.41, 5.74) is 1.02. The summed E-state index contributed by atoms with van der Waals surface area (Å²) in [6.07, 6.45) is 4.05. The third-order valence-electron chi connectivity index (χ3n) is 2.78. The molecule has 1 N–H and O–H groups in total. The molecule has 1 heterocycles. The molecule has 0 saturated carbocycles. The Morgan fingerprint density at radius 1 is 1.10 bits per heavy atom. The summed E-state index contributed by atoms with van der Waals surface area (Å²) in [6, 6.07) is 7.30. The molecule has 6 heteroatoms. The Hall–Kier alpha value is -1.36. The van der Waals surface area contributed by atoms with Crippen LogP contribution in [0.1, 0.15) is 12.0 Å². The van der Waals surface area contributed by atoms with Crippen LogP contribution < -0.4 is 4.90 Å². The molecule has 2 aromatic rings. The van der Waals surface area contributed by atoms with Crippen LogP contribution in [-0.2, 0) is 6.54 Å². The quantitative estimate of drug-likeness (QED) is 0.890. The molecule has 0 aliphatic rings. The van der Waals surface area contributed by atoms with E-state index in [2.05, 4.69) is 9.97 Å². The highest BCUT2D eigenvalue weighted by Crippen LogP contribution is 2.23. The third kappa shape index (κ3) is 4.07. The number of aliphatic hydroxyl groups is 1. The van der Waals surface area contributed by atoms with Gasteiger partial charge < -0.3 is 10.0 Å². The SMILES string of the molecule is OCCCN(Cc1ccc(Cl)c(Cl)c1)c1ncccn1. The van der Waals surface area contributed by atoms with Crippen molar-refractivity contribution in [1.29, 1.82) is 0 Å². The summed E-state index contributed by atoms with van der Waals surface area (Å²) >= 11 is 11.9. The van der Waals surface area contributed by atoms with Gasteiger partial charge in [0.2, 0.25) is 5.95 Å². The molecular weight excluding hydrogens is 297 g/mol. The normalized spacial score (nSPS) is 10.6. The van der Waals surface area contributed by atoms with Gasteiger partial charge in [-0.1, -0.05) is 29.3 Å². The van der Waals surface area contributed by atoms with E-state index in [0.717, 1.165) is 5.56 Å². The number of benzene rings is 1. The molecule has 1 aromatic heterocycles. The van der Waals surface area contributed by atoms with Crippen molar-refractivity contribution in [2.45, 2.75) is 13.0 Å². The summed E-state index contributed by atoms with van der Waals surface area (Å²) in [4.78, 5) is 10.5. The van der Waals surface area contributed by atoms with Gasteiger partial charge in [-0.05, 0) is 30.2 Å². The Bertz CT molecular complexity index is 551. The highest BCUT2D eigenvalue weighted by molar-refractivity contribution is 6.42. The van der Waals surface area contributed by atoms with Gasteiger partial charge in [0.15, 0.2) is 0 Å². The number of rotatable bonds is 6. The van der Waals surface area contributed by atoms with Crippen molar-refractivity contribution in [3.63, 3.8) is 0 Å². The summed E-state index contributed by atoms with van der Waals surface area (Å²) < 4.78 is 0. The van der Waals surface area contributed by atoms with Crippen molar-refractivity contribution in [2.24, 2.45) is 0 Å². The first-order chi connectivity index (χ1) is 9.70. The van der Waals surface area contributed by atoms with E-state index in [-0.39, 0.29) is 6.61 Å². The molecule has 4 nitrogen and oxygen atoms in total. The van der Waals surface area contributed by atoms with Crippen LogP contribution in [0.5, 0.6) is 0 Å². The van der Waals surface area contributed by atoms with Crippen LogP contribution in [0.3, 0.4) is 0 Å². The van der Waals surface area contributed by atoms with E-state index < -0.39 is 0 Å². The smallest absolute Gasteiger partial charge is 0.225 e. The number of halogens is 2. The molecule has 0 saturated heterocycles. The van der Waals surface area contributed by atoms with Crippen LogP contribution in [0.2, 0.25) is 10.0 Å². The number of aromatic nitrogens is 2. The van der Waals surface area contributed by atoms with Crippen LogP contribution in [0, 0.1) is 0 Å². The number of hydrogen-bond acceptors (Lipinski definition) is 4. The number of hydrogen-bond donors (Lipinski definition) is 1. The average molecular weight is 312 g/mol. The topological polar surface area (TPSA) is 49.2 Å². The summed E-state index contributed by atoms with van der Waals surface area (Å²) in [5, 5.41) is 10.1. The lowest BCUT2D eigenvalue weighted by Crippen LogP contribution is -2.26. The lowest BCUT2D eigenvalue weighted by molar-refractivity contribution is 0.289. The second-order valence-corrected chi connectivity index (χ2v) is 5.11. The molecule has 0 aliphatic heterocycles. The van der Waals surface area contributed by atoms with Crippen molar-refractivity contribution in [3.05, 3.63) is 52.3 Å². The zero-order valence-corrected chi connectivity index (χ0v) is 12.3. The maximum atomic E-state index is 9.00. The highest BCUT2D eigenvalue weighted by atomic mass is 35.5. The Kier molecular flexibility index (Phi) is 5.59. The summed E-state index contributed by atoms with van der Waals surface area (Å²) in [7, 11) is 0. The van der Waals surface area contributed by atoms with Crippen molar-refractivity contribution in [2.75, 3.05) is 18.1 Å². The molecule has 2 rings (SSSR count). The molecule has 0 spiro atoms. The average Bonchev–Trinajstić information content (AvgIpc) is 2.48. The van der Waals surface area contributed by atoms with E-state index in [1.165, 1.54) is 0 Å². The van der Waals surface area contributed by atoms with Gasteiger partial charge in [-0.3, -0.25) is 0 Å². The fourth-order valence-corrected chi connectivity index (χ4v) is 2.14. The highest BCUT2D eigenvalue weighted by Gasteiger charge is 2.10. The molecule has 1 aromatic carbocycles. The van der Waals surface area contributed by atoms with Gasteiger partial charge in [0.1, 0.15) is 0 Å². The molecular formula is C14H15Cl2N3O. The molecule has 0 radical (unpaired) electrons. The van der Waals surface area contributed by atoms with E-state index in [4.69, 9.17) is 28.3 Å². The van der Waals surface area contributed by atoms with Crippen LogP contribution in [-0.4, -0.2) is 28.2 Å². The van der Waals surface area contributed by atoms with Gasteiger partial charge in [0.05, 0.1) is 10.0 Å². The van der Waals surface area contributed by atoms with Crippen molar-refractivity contribution < 1.29 is 5.11 Å². The lowest BCUT2D eigenvalue weighted by atomic mass is 10.2. The molecule has 0 fully saturated rings. The largest absolute Gasteiger partial charge is 0.396 e. The number of anilines is 1. The Labute approximate surface area is 128 Å². The minimum Gasteiger partial charge on any atom is -0.396 e. The Morgan fingerprint density at radius 2 is 1.85 bits per heavy atom. The monoisotopic (exact) mass is 311 g/mol. The fourth-order valence-electron chi connectivity index (χ4n) is 1.82. The fraction of sp³-hybridized carbons (Fsp3) is 0.286. The van der Waals surface area contributed by atoms with Gasteiger partial charge in [0, 0.05) is 32.1 Å². The molecule has 0 atom stereocenters. The number of aliphatic hydroxyl groups excluding tert-OH is 1. The van der Waals surface area contributed by atoms with Crippen LogP contribution >= 0.6 is 23.2 Å². The molecule has 106 valence electrons. The third-order valence-corrected chi connectivity index (χ3v) is 3.52. The molecule has 0 amide bonds. The van der Waals surface area contributed by atoms with Crippen LogP contribution in [0.4, 0.5) is 5.95 Å². The summed E-state index contributed by atoms with van der Waals surface area (Å²) in [6.45, 7) is 1.41. The lowest BCUT2D eigenvalue weighted by Gasteiger charge is -2.22. The molecule has 0 bridgehead atoms. The van der Waals surface area contributed by atoms with E-state index in [0.29, 0.717) is 35.5 Å². The number of nitrogens with zero attached hydrogens (tertiary/aromatic N) is 3. The van der Waals surface area contributed by atoms with Crippen molar-refractivity contribution in [3.8, 4) is 0 Å². The molecule has 0 unspecified atom stereocenters. The van der Waals surface area contributed by atoms with Gasteiger partial charge in [0.25, 0.3) is 0 Å². The maximum Gasteiger partial charge on any atom is 0.225 e. The van der Waals surface area contributed by atoms with Gasteiger partial charge in [-0.2, -0.15) is 0 Å². The van der Waals surface area contributed by atoms with Gasteiger partial charge >= 0.3 is 0 Å². The van der Waals surface area contributed by atoms with Crippen molar-refractivity contribution >= 4 is 29.2 Å². The Balaban J connectivity index is 2.17. The van der Waals surface area contributed by atoms with E-state index in [1.807, 2.05) is 17.0 Å². The predicted molar refractivity (Wildman–Crippen MR) is 81.2 cm³/mol. The van der Waals surface area contributed by atoms with Crippen molar-refractivity contribution in [1.82, 2.24) is 9.97 Å². The predicted octanol–water partition coefficient (Wildman–Crippen LogP) is 3.17. The first kappa shape index (κ1) is 15.0. The van der Waals surface area contributed by atoms with Gasteiger partial charge in [-0.15, -0.1) is 0 Å². The minimum absolute atomic E-state index is 0.130. The van der Waals surface area contributed by atoms with Crippen LogP contribution in [0.25, 0.3) is 0 Å². The zero-order valence-electron chi connectivity index (χ0n) is 10.8. The second-order valence-electron chi connectivity index (χ2n) is 4.30. The minimum atomic E-state index is 0.130. The van der Waals surface area contributed by atoms with Crippen LogP contribution in [0.15, 0.2) is 36.7 Å².